The summed E-state index contributed by atoms with van der Waals surface area (Å²) in [5, 5.41) is 6.07. The highest BCUT2D eigenvalue weighted by molar-refractivity contribution is 5.83. The zero-order valence-electron chi connectivity index (χ0n) is 9.66. The number of hydrogen-bond donors (Lipinski definition) is 2. The standard InChI is InChI=1S/C11H19N3O2/c1-8-7-14(5-4-12-8)11(16)9-2-3-10(15)13-6-9/h8-9,12H,2-7H2,1H3,(H,13,15)/t8-,9?/m0/s1. The van der Waals surface area contributed by atoms with Crippen LogP contribution >= 0.6 is 0 Å². The van der Waals surface area contributed by atoms with Crippen molar-refractivity contribution in [1.82, 2.24) is 15.5 Å². The molecule has 2 aliphatic rings. The van der Waals surface area contributed by atoms with Crippen molar-refractivity contribution in [3.8, 4) is 0 Å². The Kier molecular flexibility index (Phi) is 3.43. The SMILES string of the molecule is C[C@H]1CN(C(=O)C2CCC(=O)NC2)CCN1. The summed E-state index contributed by atoms with van der Waals surface area (Å²) < 4.78 is 0. The Morgan fingerprint density at radius 2 is 2.31 bits per heavy atom. The summed E-state index contributed by atoms with van der Waals surface area (Å²) in [7, 11) is 0. The smallest absolute Gasteiger partial charge is 0.227 e. The van der Waals surface area contributed by atoms with Crippen molar-refractivity contribution in [2.24, 2.45) is 5.92 Å². The van der Waals surface area contributed by atoms with E-state index in [1.807, 2.05) is 4.90 Å². The first kappa shape index (κ1) is 11.4. The van der Waals surface area contributed by atoms with Gasteiger partial charge in [-0.2, -0.15) is 0 Å². The van der Waals surface area contributed by atoms with E-state index in [0.717, 1.165) is 19.6 Å². The van der Waals surface area contributed by atoms with Crippen LogP contribution in [0.4, 0.5) is 0 Å². The third kappa shape index (κ3) is 2.52. The molecular formula is C11H19N3O2. The zero-order valence-corrected chi connectivity index (χ0v) is 9.66. The monoisotopic (exact) mass is 225 g/mol. The minimum Gasteiger partial charge on any atom is -0.355 e. The molecule has 0 bridgehead atoms. The Balaban J connectivity index is 1.89. The molecule has 2 heterocycles. The van der Waals surface area contributed by atoms with Crippen LogP contribution in [-0.2, 0) is 9.59 Å². The van der Waals surface area contributed by atoms with E-state index in [4.69, 9.17) is 0 Å². The molecular weight excluding hydrogens is 206 g/mol. The van der Waals surface area contributed by atoms with Gasteiger partial charge in [-0.3, -0.25) is 9.59 Å². The first-order chi connectivity index (χ1) is 7.66. The number of hydrogen-bond acceptors (Lipinski definition) is 3. The van der Waals surface area contributed by atoms with E-state index in [9.17, 15) is 9.59 Å². The van der Waals surface area contributed by atoms with Crippen LogP contribution in [0, 0.1) is 5.92 Å². The molecule has 0 saturated carbocycles. The maximum atomic E-state index is 12.2. The molecule has 0 aliphatic carbocycles. The van der Waals surface area contributed by atoms with Crippen molar-refractivity contribution in [2.75, 3.05) is 26.2 Å². The van der Waals surface area contributed by atoms with Crippen LogP contribution in [0.25, 0.3) is 0 Å². The highest BCUT2D eigenvalue weighted by Gasteiger charge is 2.30. The van der Waals surface area contributed by atoms with E-state index in [1.165, 1.54) is 0 Å². The van der Waals surface area contributed by atoms with Crippen LogP contribution in [0.3, 0.4) is 0 Å². The lowest BCUT2D eigenvalue weighted by atomic mass is 9.97. The van der Waals surface area contributed by atoms with Gasteiger partial charge in [-0.25, -0.2) is 0 Å². The third-order valence-corrected chi connectivity index (χ3v) is 3.30. The summed E-state index contributed by atoms with van der Waals surface area (Å²) >= 11 is 0. The molecule has 2 rings (SSSR count). The second-order valence-electron chi connectivity index (χ2n) is 4.68. The number of nitrogens with zero attached hydrogens (tertiary/aromatic N) is 1. The Hall–Kier alpha value is -1.10. The minimum absolute atomic E-state index is 0.0111. The quantitative estimate of drug-likeness (QED) is 0.622. The van der Waals surface area contributed by atoms with Gasteiger partial charge < -0.3 is 15.5 Å². The molecule has 0 aromatic rings. The van der Waals surface area contributed by atoms with Gasteiger partial charge >= 0.3 is 0 Å². The van der Waals surface area contributed by atoms with Crippen LogP contribution in [0.2, 0.25) is 0 Å². The Morgan fingerprint density at radius 1 is 1.50 bits per heavy atom. The molecule has 0 aromatic heterocycles. The number of amides is 2. The Bertz CT molecular complexity index is 283. The van der Waals surface area contributed by atoms with Gasteiger partial charge in [-0.15, -0.1) is 0 Å². The molecule has 0 spiro atoms. The van der Waals surface area contributed by atoms with Gasteiger partial charge in [0.1, 0.15) is 0 Å². The maximum Gasteiger partial charge on any atom is 0.227 e. The normalized spacial score (nSPS) is 31.1. The molecule has 2 fully saturated rings. The molecule has 16 heavy (non-hydrogen) atoms. The van der Waals surface area contributed by atoms with E-state index in [1.54, 1.807) is 0 Å². The van der Waals surface area contributed by atoms with Gasteiger partial charge in [0, 0.05) is 38.6 Å². The van der Waals surface area contributed by atoms with Crippen LogP contribution in [0.5, 0.6) is 0 Å². The predicted octanol–water partition coefficient (Wildman–Crippen LogP) is -0.667. The molecule has 0 aromatic carbocycles. The largest absolute Gasteiger partial charge is 0.355 e. The predicted molar refractivity (Wildman–Crippen MR) is 59.8 cm³/mol. The van der Waals surface area contributed by atoms with E-state index in [0.29, 0.717) is 25.4 Å². The highest BCUT2D eigenvalue weighted by Crippen LogP contribution is 2.15. The van der Waals surface area contributed by atoms with Crippen LogP contribution in [0.15, 0.2) is 0 Å². The molecule has 0 radical (unpaired) electrons. The number of piperazine rings is 1. The molecule has 2 N–H and O–H groups in total. The first-order valence-electron chi connectivity index (χ1n) is 5.95. The molecule has 5 nitrogen and oxygen atoms in total. The fourth-order valence-electron chi connectivity index (χ4n) is 2.33. The summed E-state index contributed by atoms with van der Waals surface area (Å²) in [6.07, 6.45) is 1.18. The second-order valence-corrected chi connectivity index (χ2v) is 4.68. The van der Waals surface area contributed by atoms with Crippen LogP contribution < -0.4 is 10.6 Å². The summed E-state index contributed by atoms with van der Waals surface area (Å²) in [6.45, 7) is 5.03. The summed E-state index contributed by atoms with van der Waals surface area (Å²) in [4.78, 5) is 25.1. The van der Waals surface area contributed by atoms with Gasteiger partial charge in [0.2, 0.25) is 11.8 Å². The van der Waals surface area contributed by atoms with Crippen molar-refractivity contribution in [2.45, 2.75) is 25.8 Å². The highest BCUT2D eigenvalue weighted by atomic mass is 16.2. The number of rotatable bonds is 1. The number of carbonyl (C=O) groups is 2. The van der Waals surface area contributed by atoms with Crippen LogP contribution in [-0.4, -0.2) is 48.9 Å². The van der Waals surface area contributed by atoms with Crippen molar-refractivity contribution in [1.29, 1.82) is 0 Å². The topological polar surface area (TPSA) is 61.4 Å². The van der Waals surface area contributed by atoms with E-state index in [2.05, 4.69) is 17.6 Å². The van der Waals surface area contributed by atoms with Crippen molar-refractivity contribution < 1.29 is 9.59 Å². The molecule has 2 aliphatic heterocycles. The lowest BCUT2D eigenvalue weighted by Crippen LogP contribution is -2.54. The molecule has 1 unspecified atom stereocenters. The van der Waals surface area contributed by atoms with Gasteiger partial charge in [0.25, 0.3) is 0 Å². The van der Waals surface area contributed by atoms with Gasteiger partial charge in [0.05, 0.1) is 5.92 Å². The lowest BCUT2D eigenvalue weighted by Gasteiger charge is -2.35. The average Bonchev–Trinajstić information content (AvgIpc) is 2.29. The summed E-state index contributed by atoms with van der Waals surface area (Å²) in [6, 6.07) is 0.371. The van der Waals surface area contributed by atoms with Gasteiger partial charge in [-0.05, 0) is 13.3 Å². The number of nitrogens with one attached hydrogen (secondary N) is 2. The molecule has 5 heteroatoms. The van der Waals surface area contributed by atoms with E-state index >= 15 is 0 Å². The lowest BCUT2D eigenvalue weighted by molar-refractivity contribution is -0.138. The third-order valence-electron chi connectivity index (χ3n) is 3.30. The fourth-order valence-corrected chi connectivity index (χ4v) is 2.33. The molecule has 2 saturated heterocycles. The molecule has 90 valence electrons. The molecule has 2 amide bonds. The number of piperidine rings is 1. The van der Waals surface area contributed by atoms with Gasteiger partial charge in [0.15, 0.2) is 0 Å². The molecule has 2 atom stereocenters. The average molecular weight is 225 g/mol. The fraction of sp³-hybridized carbons (Fsp3) is 0.818. The first-order valence-corrected chi connectivity index (χ1v) is 5.95. The minimum atomic E-state index is -0.0111. The Labute approximate surface area is 95.6 Å². The van der Waals surface area contributed by atoms with Crippen molar-refractivity contribution >= 4 is 11.8 Å². The van der Waals surface area contributed by atoms with Crippen molar-refractivity contribution in [3.63, 3.8) is 0 Å². The maximum absolute atomic E-state index is 12.2. The van der Waals surface area contributed by atoms with Crippen molar-refractivity contribution in [3.05, 3.63) is 0 Å². The number of carbonyl (C=O) groups excluding carboxylic acids is 2. The second kappa shape index (κ2) is 4.82. The Morgan fingerprint density at radius 3 is 2.94 bits per heavy atom. The zero-order chi connectivity index (χ0) is 11.5. The summed E-state index contributed by atoms with van der Waals surface area (Å²) in [5.41, 5.74) is 0. The van der Waals surface area contributed by atoms with Crippen LogP contribution in [0.1, 0.15) is 19.8 Å². The van der Waals surface area contributed by atoms with E-state index in [-0.39, 0.29) is 17.7 Å². The summed E-state index contributed by atoms with van der Waals surface area (Å²) in [5.74, 6) is 0.258. The van der Waals surface area contributed by atoms with Gasteiger partial charge in [-0.1, -0.05) is 0 Å². The van der Waals surface area contributed by atoms with E-state index < -0.39 is 0 Å².